The van der Waals surface area contributed by atoms with Crippen molar-refractivity contribution in [1.29, 1.82) is 0 Å². The Morgan fingerprint density at radius 3 is 2.73 bits per heavy atom. The van der Waals surface area contributed by atoms with Crippen LogP contribution in [0.3, 0.4) is 0 Å². The quantitative estimate of drug-likeness (QED) is 0.655. The number of carbonyl (C=O) groups excluding carboxylic acids is 2. The number of aromatic nitrogens is 1. The highest BCUT2D eigenvalue weighted by atomic mass is 32.2. The summed E-state index contributed by atoms with van der Waals surface area (Å²) in [4.78, 5) is 29.8. The number of hydrogen-bond donors (Lipinski definition) is 1. The molecule has 1 saturated heterocycles. The molecule has 2 heterocycles. The molecule has 9 heteroatoms. The first-order valence-electron chi connectivity index (χ1n) is 6.85. The molecule has 2 rings (SSSR count). The zero-order chi connectivity index (χ0) is 15.9. The number of nitrogens with zero attached hydrogens (tertiary/aromatic N) is 3. The number of carbonyl (C=O) groups is 2. The monoisotopic (exact) mass is 326 g/mol. The number of urea groups is 1. The summed E-state index contributed by atoms with van der Waals surface area (Å²) in [6.07, 6.45) is 2.05. The van der Waals surface area contributed by atoms with Crippen LogP contribution in [0.1, 0.15) is 13.3 Å². The van der Waals surface area contributed by atoms with Crippen molar-refractivity contribution >= 4 is 35.9 Å². The molecule has 0 radical (unpaired) electrons. The average molecular weight is 326 g/mol. The number of alkyl carbamates (subject to hydrolysis) is 1. The van der Waals surface area contributed by atoms with Crippen LogP contribution in [0.4, 0.5) is 21.1 Å². The highest BCUT2D eigenvalue weighted by Crippen LogP contribution is 2.25. The minimum Gasteiger partial charge on any atom is -0.450 e. The number of pyridine rings is 1. The minimum absolute atomic E-state index is 0.180. The van der Waals surface area contributed by atoms with Crippen molar-refractivity contribution in [2.45, 2.75) is 13.3 Å². The molecule has 1 aromatic heterocycles. The van der Waals surface area contributed by atoms with E-state index in [1.54, 1.807) is 19.2 Å². The Balaban J connectivity index is 2.05. The lowest BCUT2D eigenvalue weighted by molar-refractivity contribution is 0.154. The van der Waals surface area contributed by atoms with Gasteiger partial charge in [-0.25, -0.2) is 19.9 Å². The molecule has 0 aliphatic carbocycles. The third kappa shape index (κ3) is 4.01. The SMILES string of the molecule is CCOC(=O)NC(=O)N(SOC)c1ccc(N2CCC2)cn1. The first-order chi connectivity index (χ1) is 10.7. The van der Waals surface area contributed by atoms with Gasteiger partial charge >= 0.3 is 12.1 Å². The van der Waals surface area contributed by atoms with Crippen molar-refractivity contribution in [2.24, 2.45) is 0 Å². The van der Waals surface area contributed by atoms with E-state index in [0.717, 1.165) is 35.3 Å². The summed E-state index contributed by atoms with van der Waals surface area (Å²) in [5.74, 6) is 0.359. The van der Waals surface area contributed by atoms with Crippen molar-refractivity contribution in [2.75, 3.05) is 36.0 Å². The summed E-state index contributed by atoms with van der Waals surface area (Å²) in [6, 6.07) is 2.89. The number of rotatable bonds is 5. The van der Waals surface area contributed by atoms with Gasteiger partial charge in [0.05, 0.1) is 25.6 Å². The largest absolute Gasteiger partial charge is 0.450 e. The van der Waals surface area contributed by atoms with Crippen LogP contribution in [-0.2, 0) is 8.92 Å². The number of ether oxygens (including phenoxy) is 1. The highest BCUT2D eigenvalue weighted by Gasteiger charge is 2.22. The van der Waals surface area contributed by atoms with Crippen LogP contribution in [0.5, 0.6) is 0 Å². The fourth-order valence-corrected chi connectivity index (χ4v) is 2.26. The Morgan fingerprint density at radius 2 is 2.23 bits per heavy atom. The topological polar surface area (TPSA) is 84.0 Å². The van der Waals surface area contributed by atoms with E-state index in [-0.39, 0.29) is 6.61 Å². The van der Waals surface area contributed by atoms with Gasteiger partial charge in [0.2, 0.25) is 0 Å². The van der Waals surface area contributed by atoms with Gasteiger partial charge in [0.25, 0.3) is 0 Å². The molecule has 1 fully saturated rings. The molecule has 22 heavy (non-hydrogen) atoms. The molecular formula is C13H18N4O4S. The zero-order valence-corrected chi connectivity index (χ0v) is 13.3. The Hall–Kier alpha value is -2.00. The Labute approximate surface area is 133 Å². The number of nitrogens with one attached hydrogen (secondary N) is 1. The fourth-order valence-electron chi connectivity index (χ4n) is 1.82. The Kier molecular flexibility index (Phi) is 5.84. The summed E-state index contributed by atoms with van der Waals surface area (Å²) in [5, 5.41) is 2.10. The fraction of sp³-hybridized carbons (Fsp3) is 0.462. The van der Waals surface area contributed by atoms with Gasteiger partial charge in [-0.1, -0.05) is 0 Å². The molecule has 8 nitrogen and oxygen atoms in total. The summed E-state index contributed by atoms with van der Waals surface area (Å²) in [6.45, 7) is 3.86. The summed E-state index contributed by atoms with van der Waals surface area (Å²) in [5.41, 5.74) is 1.00. The maximum absolute atomic E-state index is 12.1. The van der Waals surface area contributed by atoms with Crippen molar-refractivity contribution in [3.05, 3.63) is 18.3 Å². The predicted octanol–water partition coefficient (Wildman–Crippen LogP) is 2.17. The van der Waals surface area contributed by atoms with Gasteiger partial charge in [-0.15, -0.1) is 0 Å². The molecule has 0 aromatic carbocycles. The van der Waals surface area contributed by atoms with E-state index in [0.29, 0.717) is 5.82 Å². The van der Waals surface area contributed by atoms with Crippen molar-refractivity contribution in [3.8, 4) is 0 Å². The summed E-state index contributed by atoms with van der Waals surface area (Å²) in [7, 11) is 1.42. The van der Waals surface area contributed by atoms with E-state index >= 15 is 0 Å². The Morgan fingerprint density at radius 1 is 1.45 bits per heavy atom. The van der Waals surface area contributed by atoms with Crippen LogP contribution in [0.2, 0.25) is 0 Å². The van der Waals surface area contributed by atoms with Crippen LogP contribution >= 0.6 is 12.2 Å². The first kappa shape index (κ1) is 16.4. The number of imide groups is 1. The van der Waals surface area contributed by atoms with Crippen LogP contribution in [0.15, 0.2) is 18.3 Å². The number of anilines is 2. The van der Waals surface area contributed by atoms with Crippen LogP contribution in [0.25, 0.3) is 0 Å². The normalized spacial score (nSPS) is 13.3. The summed E-state index contributed by atoms with van der Waals surface area (Å²) >= 11 is 0.769. The standard InChI is InChI=1S/C13H18N4O4S/c1-3-21-13(19)15-12(18)17(22-20-2)11-6-5-10(9-14-11)16-7-4-8-16/h5-6,9H,3-4,7-8H2,1-2H3,(H,15,18,19). The Bertz CT molecular complexity index is 521. The molecule has 0 bridgehead atoms. The second-order valence-electron chi connectivity index (χ2n) is 4.40. The van der Waals surface area contributed by atoms with Crippen molar-refractivity contribution in [1.82, 2.24) is 10.3 Å². The highest BCUT2D eigenvalue weighted by molar-refractivity contribution is 7.96. The van der Waals surface area contributed by atoms with Crippen molar-refractivity contribution in [3.63, 3.8) is 0 Å². The molecule has 120 valence electrons. The van der Waals surface area contributed by atoms with E-state index in [1.807, 2.05) is 6.07 Å². The lowest BCUT2D eigenvalue weighted by atomic mass is 10.2. The lowest BCUT2D eigenvalue weighted by Gasteiger charge is -2.33. The number of hydrogen-bond acceptors (Lipinski definition) is 7. The van der Waals surface area contributed by atoms with Gasteiger partial charge in [0, 0.05) is 13.1 Å². The average Bonchev–Trinajstić information content (AvgIpc) is 2.44. The van der Waals surface area contributed by atoms with Gasteiger partial charge in [0.1, 0.15) is 18.0 Å². The van der Waals surface area contributed by atoms with E-state index < -0.39 is 12.1 Å². The van der Waals surface area contributed by atoms with Crippen LogP contribution < -0.4 is 14.5 Å². The summed E-state index contributed by atoms with van der Waals surface area (Å²) < 4.78 is 10.7. The second kappa shape index (κ2) is 7.85. The first-order valence-corrected chi connectivity index (χ1v) is 7.55. The van der Waals surface area contributed by atoms with Crippen LogP contribution in [0, 0.1) is 0 Å². The van der Waals surface area contributed by atoms with Gasteiger partial charge in [-0.3, -0.25) is 4.18 Å². The molecule has 1 N–H and O–H groups in total. The van der Waals surface area contributed by atoms with Gasteiger partial charge in [-0.2, -0.15) is 4.31 Å². The molecule has 0 spiro atoms. The van der Waals surface area contributed by atoms with Gasteiger partial charge in [-0.05, 0) is 25.5 Å². The molecule has 3 amide bonds. The third-order valence-corrected chi connectivity index (χ3v) is 3.63. The molecule has 1 aromatic rings. The lowest BCUT2D eigenvalue weighted by Crippen LogP contribution is -2.40. The number of amides is 3. The van der Waals surface area contributed by atoms with Gasteiger partial charge < -0.3 is 9.64 Å². The second-order valence-corrected chi connectivity index (χ2v) is 5.25. The molecule has 0 atom stereocenters. The van der Waals surface area contributed by atoms with E-state index in [9.17, 15) is 9.59 Å². The predicted molar refractivity (Wildman–Crippen MR) is 83.7 cm³/mol. The molecular weight excluding hydrogens is 308 g/mol. The van der Waals surface area contributed by atoms with E-state index in [4.69, 9.17) is 4.18 Å². The van der Waals surface area contributed by atoms with E-state index in [1.165, 1.54) is 13.5 Å². The molecule has 0 saturated carbocycles. The molecule has 0 unspecified atom stereocenters. The maximum Gasteiger partial charge on any atom is 0.415 e. The maximum atomic E-state index is 12.1. The van der Waals surface area contributed by atoms with Gasteiger partial charge in [0.15, 0.2) is 0 Å². The zero-order valence-electron chi connectivity index (χ0n) is 12.4. The third-order valence-electron chi connectivity index (χ3n) is 2.98. The van der Waals surface area contributed by atoms with Crippen LogP contribution in [-0.4, -0.2) is 43.9 Å². The smallest absolute Gasteiger partial charge is 0.415 e. The van der Waals surface area contributed by atoms with Crippen molar-refractivity contribution < 1.29 is 18.5 Å². The van der Waals surface area contributed by atoms with E-state index in [2.05, 4.69) is 19.9 Å². The molecule has 1 aliphatic heterocycles. The molecule has 1 aliphatic rings. The minimum atomic E-state index is -0.814.